The first kappa shape index (κ1) is 30.2. The first-order valence-corrected chi connectivity index (χ1v) is 15.8. The Labute approximate surface area is 263 Å². The minimum atomic E-state index is -0.610. The van der Waals surface area contributed by atoms with Crippen molar-refractivity contribution in [2.24, 2.45) is 5.41 Å². The van der Waals surface area contributed by atoms with Gasteiger partial charge in [0.05, 0.1) is 12.3 Å². The fourth-order valence-electron chi connectivity index (χ4n) is 6.35. The van der Waals surface area contributed by atoms with Gasteiger partial charge in [0.25, 0.3) is 0 Å². The topological polar surface area (TPSA) is 57.8 Å². The lowest BCUT2D eigenvalue weighted by Crippen LogP contribution is -2.47. The highest BCUT2D eigenvalue weighted by Gasteiger charge is 2.30. The molecule has 6 nitrogen and oxygen atoms in total. The monoisotopic (exact) mass is 615 g/mol. The van der Waals surface area contributed by atoms with Gasteiger partial charge in [0, 0.05) is 54.8 Å². The van der Waals surface area contributed by atoms with Crippen LogP contribution in [-0.4, -0.2) is 55.2 Å². The molecule has 1 aromatic heterocycles. The van der Waals surface area contributed by atoms with Crippen LogP contribution in [0.1, 0.15) is 56.0 Å². The molecule has 44 heavy (non-hydrogen) atoms. The molecule has 0 radical (unpaired) electrons. The smallest absolute Gasteiger partial charge is 0.342 e. The lowest BCUT2D eigenvalue weighted by Gasteiger charge is -2.39. The van der Waals surface area contributed by atoms with Crippen LogP contribution in [0.15, 0.2) is 72.4 Å². The maximum absolute atomic E-state index is 16.3. The van der Waals surface area contributed by atoms with E-state index in [0.717, 1.165) is 54.8 Å². The van der Waals surface area contributed by atoms with Gasteiger partial charge < -0.3 is 19.4 Å². The second-order valence-corrected chi connectivity index (χ2v) is 13.0. The Morgan fingerprint density at radius 3 is 2.55 bits per heavy atom. The predicted molar refractivity (Wildman–Crippen MR) is 175 cm³/mol. The summed E-state index contributed by atoms with van der Waals surface area (Å²) >= 11 is 6.19. The van der Waals surface area contributed by atoms with Gasteiger partial charge in [-0.25, -0.2) is 9.18 Å². The highest BCUT2D eigenvalue weighted by atomic mass is 35.5. The Morgan fingerprint density at radius 1 is 1.02 bits per heavy atom. The van der Waals surface area contributed by atoms with Gasteiger partial charge in [0.15, 0.2) is 11.6 Å². The molecule has 1 aliphatic carbocycles. The molecule has 2 heterocycles. The second-order valence-electron chi connectivity index (χ2n) is 12.5. The van der Waals surface area contributed by atoms with Gasteiger partial charge in [0.2, 0.25) is 0 Å². The average Bonchev–Trinajstić information content (AvgIpc) is 3.48. The molecule has 6 rings (SSSR count). The van der Waals surface area contributed by atoms with Crippen LogP contribution >= 0.6 is 11.6 Å². The number of carbonyl (C=O) groups excluding carboxylic acids is 1. The highest BCUT2D eigenvalue weighted by Crippen LogP contribution is 2.43. The molecule has 1 fully saturated rings. The summed E-state index contributed by atoms with van der Waals surface area (Å²) in [6.07, 6.45) is 5.12. The minimum Gasteiger partial charge on any atom is -0.462 e. The molecule has 2 aliphatic rings. The van der Waals surface area contributed by atoms with E-state index in [1.165, 1.54) is 16.7 Å². The first-order chi connectivity index (χ1) is 21.2. The van der Waals surface area contributed by atoms with Crippen LogP contribution < -0.4 is 9.64 Å². The number of rotatable bonds is 8. The number of hydrogen-bond acceptors (Lipinski definition) is 5. The van der Waals surface area contributed by atoms with Gasteiger partial charge in [-0.1, -0.05) is 43.2 Å². The Balaban J connectivity index is 1.21. The minimum absolute atomic E-state index is 0.0720. The molecule has 3 aromatic carbocycles. The average molecular weight is 616 g/mol. The zero-order valence-corrected chi connectivity index (χ0v) is 26.3. The highest BCUT2D eigenvalue weighted by molar-refractivity contribution is 6.30. The number of aromatic nitrogens is 1. The molecule has 8 heteroatoms. The predicted octanol–water partition coefficient (Wildman–Crippen LogP) is 8.72. The third-order valence-electron chi connectivity index (χ3n) is 8.82. The molecule has 0 spiro atoms. The molecule has 0 bridgehead atoms. The number of allylic oxidation sites excluding steroid dienone is 1. The Morgan fingerprint density at radius 2 is 1.80 bits per heavy atom. The van der Waals surface area contributed by atoms with Crippen molar-refractivity contribution >= 4 is 39.7 Å². The number of anilines is 1. The van der Waals surface area contributed by atoms with Crippen molar-refractivity contribution in [3.8, 4) is 11.5 Å². The molecule has 1 saturated heterocycles. The summed E-state index contributed by atoms with van der Waals surface area (Å²) in [7, 11) is 0. The molecule has 0 saturated carbocycles. The molecular weight excluding hydrogens is 577 g/mol. The number of ether oxygens (including phenoxy) is 2. The Hall–Kier alpha value is -3.81. The number of nitrogens with one attached hydrogen (secondary N) is 1. The fourth-order valence-corrected chi connectivity index (χ4v) is 6.48. The molecule has 0 amide bonds. The fraction of sp³-hybridized carbons (Fsp3) is 0.361. The third-order valence-corrected chi connectivity index (χ3v) is 9.07. The van der Waals surface area contributed by atoms with Crippen LogP contribution in [0.2, 0.25) is 5.02 Å². The van der Waals surface area contributed by atoms with E-state index >= 15 is 4.39 Å². The van der Waals surface area contributed by atoms with Gasteiger partial charge in [-0.2, -0.15) is 0 Å². The largest absolute Gasteiger partial charge is 0.462 e. The van der Waals surface area contributed by atoms with E-state index in [2.05, 4.69) is 35.9 Å². The van der Waals surface area contributed by atoms with Crippen molar-refractivity contribution in [3.05, 3.63) is 94.4 Å². The van der Waals surface area contributed by atoms with E-state index in [4.69, 9.17) is 21.1 Å². The van der Waals surface area contributed by atoms with Crippen molar-refractivity contribution < 1.29 is 18.7 Å². The van der Waals surface area contributed by atoms with Crippen molar-refractivity contribution in [1.29, 1.82) is 0 Å². The van der Waals surface area contributed by atoms with Gasteiger partial charge in [0.1, 0.15) is 11.3 Å². The van der Waals surface area contributed by atoms with Crippen LogP contribution in [0.5, 0.6) is 11.5 Å². The van der Waals surface area contributed by atoms with E-state index in [-0.39, 0.29) is 23.3 Å². The Kier molecular flexibility index (Phi) is 8.70. The zero-order chi connectivity index (χ0) is 30.8. The lowest BCUT2D eigenvalue weighted by molar-refractivity contribution is 0.0522. The van der Waals surface area contributed by atoms with E-state index in [9.17, 15) is 4.79 Å². The second kappa shape index (κ2) is 12.7. The molecule has 0 atom stereocenters. The van der Waals surface area contributed by atoms with Gasteiger partial charge in [-0.3, -0.25) is 4.90 Å². The number of aromatic amines is 1. The molecule has 1 aliphatic heterocycles. The van der Waals surface area contributed by atoms with Crippen molar-refractivity contribution in [2.75, 3.05) is 44.2 Å². The van der Waals surface area contributed by atoms with Crippen molar-refractivity contribution in [2.45, 2.75) is 40.0 Å². The molecule has 0 unspecified atom stereocenters. The maximum Gasteiger partial charge on any atom is 0.342 e. The first-order valence-electron chi connectivity index (χ1n) is 15.4. The summed E-state index contributed by atoms with van der Waals surface area (Å²) in [5.41, 5.74) is 5.88. The summed E-state index contributed by atoms with van der Waals surface area (Å²) < 4.78 is 27.6. The standard InChI is InChI=1S/C36H39ClFN3O3/c1-4-43-35(42)29-10-12-32(33(38)34(29)44-28-9-11-31-25(21-28)14-16-39-31)41-19-17-40(18-20-41)23-26-13-15-36(2,3)22-30(26)24-5-7-27(37)8-6-24/h5-12,14,16,21,39H,4,13,15,17-20,22-23H2,1-3H3. The van der Waals surface area contributed by atoms with Crippen LogP contribution in [0.25, 0.3) is 16.5 Å². The normalized spacial score (nSPS) is 17.2. The number of piperazine rings is 1. The summed E-state index contributed by atoms with van der Waals surface area (Å²) in [6, 6.07) is 18.9. The number of carbonyl (C=O) groups is 1. The van der Waals surface area contributed by atoms with Gasteiger partial charge in [-0.05, 0) is 91.3 Å². The number of H-pyrrole nitrogens is 1. The molecule has 230 valence electrons. The zero-order valence-electron chi connectivity index (χ0n) is 25.6. The van der Waals surface area contributed by atoms with E-state index in [1.54, 1.807) is 25.1 Å². The number of hydrogen-bond donors (Lipinski definition) is 1. The Bertz CT molecular complexity index is 1690. The number of nitrogens with zero attached hydrogens (tertiary/aromatic N) is 2. The van der Waals surface area contributed by atoms with Crippen LogP contribution in [0, 0.1) is 11.2 Å². The number of halogens is 2. The van der Waals surface area contributed by atoms with E-state index in [1.807, 2.05) is 41.4 Å². The van der Waals surface area contributed by atoms with Gasteiger partial charge >= 0.3 is 5.97 Å². The number of fused-ring (bicyclic) bond motifs is 1. The summed E-state index contributed by atoms with van der Waals surface area (Å²) in [5, 5.41) is 1.68. The SMILES string of the molecule is CCOC(=O)c1ccc(N2CCN(CC3=C(c4ccc(Cl)cc4)CC(C)(C)CC3)CC2)c(F)c1Oc1ccc2[nH]ccc2c1. The van der Waals surface area contributed by atoms with E-state index < -0.39 is 11.8 Å². The molecular formula is C36H39ClFN3O3. The van der Waals surface area contributed by atoms with Crippen molar-refractivity contribution in [1.82, 2.24) is 9.88 Å². The summed E-state index contributed by atoms with van der Waals surface area (Å²) in [6.45, 7) is 10.5. The quantitative estimate of drug-likeness (QED) is 0.201. The van der Waals surface area contributed by atoms with Crippen LogP contribution in [0.4, 0.5) is 10.1 Å². The summed E-state index contributed by atoms with van der Waals surface area (Å²) in [5.74, 6) is -0.828. The molecule has 1 N–H and O–H groups in total. The lowest BCUT2D eigenvalue weighted by atomic mass is 9.72. The third kappa shape index (κ3) is 6.49. The summed E-state index contributed by atoms with van der Waals surface area (Å²) in [4.78, 5) is 20.4. The number of benzene rings is 3. The van der Waals surface area contributed by atoms with Crippen molar-refractivity contribution in [3.63, 3.8) is 0 Å². The van der Waals surface area contributed by atoms with E-state index in [0.29, 0.717) is 24.5 Å². The molecule has 4 aromatic rings. The van der Waals surface area contributed by atoms with Crippen LogP contribution in [-0.2, 0) is 4.74 Å². The maximum atomic E-state index is 16.3. The number of esters is 1. The van der Waals surface area contributed by atoms with Gasteiger partial charge in [-0.15, -0.1) is 0 Å². The van der Waals surface area contributed by atoms with Crippen LogP contribution in [0.3, 0.4) is 0 Å².